The summed E-state index contributed by atoms with van der Waals surface area (Å²) in [6.45, 7) is 2.29. The highest BCUT2D eigenvalue weighted by Crippen LogP contribution is 2.47. The van der Waals surface area contributed by atoms with Gasteiger partial charge in [-0.3, -0.25) is 9.78 Å². The molecule has 3 aromatic heterocycles. The largest absolute Gasteiger partial charge is 0.508 e. The zero-order valence-electron chi connectivity index (χ0n) is 29.0. The summed E-state index contributed by atoms with van der Waals surface area (Å²) in [5, 5.41) is 13.6. The van der Waals surface area contributed by atoms with Crippen LogP contribution < -0.4 is 9.64 Å². The van der Waals surface area contributed by atoms with Crippen LogP contribution in [0.1, 0.15) is 42.7 Å². The normalized spacial score (nSPS) is 20.9. The molecule has 1 N–H and O–H groups in total. The molecule has 1 aliphatic carbocycles. The van der Waals surface area contributed by atoms with Crippen molar-refractivity contribution in [3.8, 4) is 35.4 Å². The fourth-order valence-corrected chi connectivity index (χ4v) is 8.96. The number of likely N-dealkylation sites (tertiary alicyclic amines) is 1. The molecular weight excluding hydrogens is 704 g/mol. The van der Waals surface area contributed by atoms with Gasteiger partial charge in [0, 0.05) is 72.4 Å². The van der Waals surface area contributed by atoms with Crippen LogP contribution in [0.15, 0.2) is 47.9 Å². The number of pyridine rings is 1. The second kappa shape index (κ2) is 13.9. The van der Waals surface area contributed by atoms with Crippen molar-refractivity contribution >= 4 is 50.8 Å². The van der Waals surface area contributed by atoms with Crippen LogP contribution >= 0.6 is 11.3 Å². The lowest BCUT2D eigenvalue weighted by molar-refractivity contribution is -0.128. The Bertz CT molecular complexity index is 2310. The van der Waals surface area contributed by atoms with Crippen LogP contribution in [-0.4, -0.2) is 93.2 Å². The van der Waals surface area contributed by atoms with Gasteiger partial charge in [-0.25, -0.2) is 18.2 Å². The number of hydrogen-bond donors (Lipinski definition) is 1. The van der Waals surface area contributed by atoms with Crippen LogP contribution in [0, 0.1) is 29.4 Å². The number of halogens is 3. The second-order valence-corrected chi connectivity index (χ2v) is 14.9. The van der Waals surface area contributed by atoms with E-state index >= 15 is 4.39 Å². The number of phenolic OH excluding ortho intramolecular Hbond substituents is 1. The van der Waals surface area contributed by atoms with Gasteiger partial charge in [0.2, 0.25) is 0 Å². The first-order chi connectivity index (χ1) is 25.7. The number of aromatic hydroxyl groups is 1. The minimum Gasteiger partial charge on any atom is -0.508 e. The van der Waals surface area contributed by atoms with Gasteiger partial charge in [0.25, 0.3) is 5.91 Å². The zero-order chi connectivity index (χ0) is 36.9. The van der Waals surface area contributed by atoms with Crippen LogP contribution in [-0.2, 0) is 4.79 Å². The van der Waals surface area contributed by atoms with Crippen molar-refractivity contribution in [3.05, 3.63) is 70.1 Å². The number of carbonyl (C=O) groups is 1. The summed E-state index contributed by atoms with van der Waals surface area (Å²) in [5.74, 6) is -0.591. The molecule has 3 aliphatic rings. The van der Waals surface area contributed by atoms with E-state index < -0.39 is 23.4 Å². The third-order valence-corrected chi connectivity index (χ3v) is 11.7. The van der Waals surface area contributed by atoms with Gasteiger partial charge in [0.1, 0.15) is 33.6 Å². The summed E-state index contributed by atoms with van der Waals surface area (Å²) in [4.78, 5) is 36.6. The molecular formula is C39H36F3N7O3S. The number of nitrogens with zero attached hydrogens (tertiary/aromatic N) is 7. The Morgan fingerprint density at radius 3 is 2.72 bits per heavy atom. The van der Waals surface area contributed by atoms with Crippen LogP contribution in [0.5, 0.6) is 11.8 Å². The third kappa shape index (κ3) is 6.31. The van der Waals surface area contributed by atoms with Crippen molar-refractivity contribution in [2.24, 2.45) is 5.41 Å². The first-order valence-electron chi connectivity index (χ1n) is 17.6. The fraction of sp³-hybridized carbons (Fsp3) is 0.359. The standard InChI is InChI=1S/C39H36F3N7O3S/c1-3-25-28(40)8-7-23-18-24(50)19-26(32(23)25)34-33(42)35-27(21-44-34)36(46-38(45-35)52-22-39-9-4-6-30(39)47(2)12-5-10-39)48-13-15-49(16-14-48)37(51)29(41)20-31-43-11-17-53-31/h1,7-8,11,17-21,30,50H,4-6,9-10,12-16,22H2,2H3/t30-,39-/m1/s1. The molecule has 0 unspecified atom stereocenters. The molecule has 3 fully saturated rings. The number of benzene rings is 2. The van der Waals surface area contributed by atoms with E-state index in [1.807, 2.05) is 4.90 Å². The van der Waals surface area contributed by atoms with Gasteiger partial charge in [-0.05, 0) is 62.9 Å². The SMILES string of the molecule is C#Cc1c(F)ccc2cc(O)cc(-c3ncc4c(N5CCN(C(=O)C(F)=Cc6nccs6)CC5)nc(OC[C@]56CCC[C@H]5N(C)CCC6)nc4c3F)c12. The predicted molar refractivity (Wildman–Crippen MR) is 197 cm³/mol. The van der Waals surface area contributed by atoms with Gasteiger partial charge in [-0.2, -0.15) is 9.97 Å². The monoisotopic (exact) mass is 739 g/mol. The quantitative estimate of drug-likeness (QED) is 0.147. The molecule has 272 valence electrons. The Morgan fingerprint density at radius 2 is 1.94 bits per heavy atom. The minimum absolute atomic E-state index is 0.0103. The lowest BCUT2D eigenvalue weighted by Crippen LogP contribution is -2.50. The Labute approximate surface area is 307 Å². The molecule has 0 spiro atoms. The maximum absolute atomic E-state index is 17.0. The molecule has 14 heteroatoms. The molecule has 53 heavy (non-hydrogen) atoms. The van der Waals surface area contributed by atoms with Crippen molar-refractivity contribution in [1.29, 1.82) is 0 Å². The van der Waals surface area contributed by atoms with Crippen molar-refractivity contribution in [2.45, 2.75) is 38.1 Å². The number of rotatable bonds is 7. The summed E-state index contributed by atoms with van der Waals surface area (Å²) >= 11 is 1.23. The molecule has 5 aromatic rings. The summed E-state index contributed by atoms with van der Waals surface area (Å²) in [6, 6.07) is 5.74. The molecule has 10 nitrogen and oxygen atoms in total. The first-order valence-corrected chi connectivity index (χ1v) is 18.5. The molecule has 1 saturated carbocycles. The van der Waals surface area contributed by atoms with E-state index in [2.05, 4.69) is 32.8 Å². The number of thiazole rings is 1. The Balaban J connectivity index is 1.18. The number of aromatic nitrogens is 4. The van der Waals surface area contributed by atoms with Crippen molar-refractivity contribution in [1.82, 2.24) is 29.7 Å². The van der Waals surface area contributed by atoms with E-state index in [-0.39, 0.29) is 76.5 Å². The molecule has 2 saturated heterocycles. The van der Waals surface area contributed by atoms with E-state index in [0.717, 1.165) is 44.7 Å². The summed E-state index contributed by atoms with van der Waals surface area (Å²) in [5.41, 5.74) is -0.322. The zero-order valence-corrected chi connectivity index (χ0v) is 29.8. The van der Waals surface area contributed by atoms with E-state index in [4.69, 9.17) is 16.1 Å². The molecule has 2 aromatic carbocycles. The lowest BCUT2D eigenvalue weighted by Gasteiger charge is -2.44. The molecule has 1 amide bonds. The fourth-order valence-electron chi connectivity index (χ4n) is 8.40. The summed E-state index contributed by atoms with van der Waals surface area (Å²) < 4.78 is 53.2. The molecule has 0 bridgehead atoms. The molecule has 8 rings (SSSR count). The number of piperazine rings is 1. The van der Waals surface area contributed by atoms with Crippen molar-refractivity contribution < 1.29 is 27.8 Å². The average Bonchev–Trinajstić information content (AvgIpc) is 3.85. The number of amides is 1. The third-order valence-electron chi connectivity index (χ3n) is 10.9. The highest BCUT2D eigenvalue weighted by molar-refractivity contribution is 7.10. The van der Waals surface area contributed by atoms with Gasteiger partial charge in [-0.15, -0.1) is 17.8 Å². The van der Waals surface area contributed by atoms with E-state index in [1.165, 1.54) is 52.9 Å². The van der Waals surface area contributed by atoms with E-state index in [1.54, 1.807) is 5.38 Å². The maximum atomic E-state index is 17.0. The van der Waals surface area contributed by atoms with Gasteiger partial charge >= 0.3 is 6.01 Å². The second-order valence-electron chi connectivity index (χ2n) is 14.0. The Hall–Kier alpha value is -5.26. The van der Waals surface area contributed by atoms with Crippen LogP contribution in [0.25, 0.3) is 39.0 Å². The van der Waals surface area contributed by atoms with Crippen LogP contribution in [0.4, 0.5) is 19.0 Å². The Morgan fingerprint density at radius 1 is 1.13 bits per heavy atom. The average molecular weight is 740 g/mol. The highest BCUT2D eigenvalue weighted by Gasteiger charge is 2.47. The summed E-state index contributed by atoms with van der Waals surface area (Å²) in [6.07, 6.45) is 15.0. The topological polar surface area (TPSA) is 108 Å². The number of anilines is 1. The van der Waals surface area contributed by atoms with Gasteiger partial charge in [0.05, 0.1) is 17.6 Å². The summed E-state index contributed by atoms with van der Waals surface area (Å²) in [7, 11) is 2.14. The van der Waals surface area contributed by atoms with Gasteiger partial charge < -0.3 is 24.5 Å². The number of terminal acetylenes is 1. The number of phenols is 1. The van der Waals surface area contributed by atoms with Crippen molar-refractivity contribution in [3.63, 3.8) is 0 Å². The lowest BCUT2D eigenvalue weighted by atomic mass is 9.76. The number of piperidine rings is 1. The van der Waals surface area contributed by atoms with E-state index in [9.17, 15) is 18.7 Å². The molecule has 0 radical (unpaired) electrons. The number of fused-ring (bicyclic) bond motifs is 3. The minimum atomic E-state index is -0.902. The number of hydrogen-bond acceptors (Lipinski definition) is 10. The molecule has 2 aliphatic heterocycles. The first kappa shape index (κ1) is 34.8. The van der Waals surface area contributed by atoms with Crippen LogP contribution in [0.2, 0.25) is 0 Å². The van der Waals surface area contributed by atoms with Crippen molar-refractivity contribution in [2.75, 3.05) is 51.3 Å². The van der Waals surface area contributed by atoms with E-state index in [0.29, 0.717) is 28.9 Å². The molecule has 5 heterocycles. The Kier molecular flexibility index (Phi) is 9.16. The maximum Gasteiger partial charge on any atom is 0.319 e. The number of ether oxygens (including phenoxy) is 1. The van der Waals surface area contributed by atoms with Gasteiger partial charge in [0.15, 0.2) is 11.6 Å². The number of carbonyl (C=O) groups excluding carboxylic acids is 1. The highest BCUT2D eigenvalue weighted by atomic mass is 32.1. The smallest absolute Gasteiger partial charge is 0.319 e. The van der Waals surface area contributed by atoms with Gasteiger partial charge in [-0.1, -0.05) is 18.4 Å². The molecule has 2 atom stereocenters. The predicted octanol–water partition coefficient (Wildman–Crippen LogP) is 6.57. The van der Waals surface area contributed by atoms with Crippen LogP contribution in [0.3, 0.4) is 0 Å².